The Balaban J connectivity index is 2.26. The number of methoxy groups -OCH3 is 1. The highest BCUT2D eigenvalue weighted by atomic mass is 16.5. The summed E-state index contributed by atoms with van der Waals surface area (Å²) in [6.45, 7) is 1.94. The fourth-order valence-electron chi connectivity index (χ4n) is 1.96. The maximum absolute atomic E-state index is 11.6. The Kier molecular flexibility index (Phi) is 3.88. The van der Waals surface area contributed by atoms with Gasteiger partial charge in [0, 0.05) is 7.05 Å². The van der Waals surface area contributed by atoms with Crippen molar-refractivity contribution in [1.82, 2.24) is 14.8 Å². The first-order chi connectivity index (χ1) is 9.54. The van der Waals surface area contributed by atoms with Crippen LogP contribution in [0.2, 0.25) is 0 Å². The quantitative estimate of drug-likeness (QED) is 0.646. The highest BCUT2D eigenvalue weighted by Crippen LogP contribution is 2.26. The number of aromatic nitrogens is 3. The maximum atomic E-state index is 11.6. The van der Waals surface area contributed by atoms with Crippen LogP contribution in [-0.4, -0.2) is 27.8 Å². The second-order valence-electron chi connectivity index (χ2n) is 4.42. The number of para-hydroxylation sites is 1. The van der Waals surface area contributed by atoms with Gasteiger partial charge in [0.25, 0.3) is 0 Å². The molecule has 0 saturated heterocycles. The Bertz CT molecular complexity index is 623. The molecule has 1 unspecified atom stereocenters. The lowest BCUT2D eigenvalue weighted by Crippen LogP contribution is -2.14. The van der Waals surface area contributed by atoms with E-state index in [1.807, 2.05) is 18.5 Å². The van der Waals surface area contributed by atoms with E-state index in [2.05, 4.69) is 15.5 Å². The second-order valence-corrected chi connectivity index (χ2v) is 4.42. The summed E-state index contributed by atoms with van der Waals surface area (Å²) in [5, 5.41) is 11.1. The number of nitrogen functional groups attached to an aromatic ring is 1. The molecule has 1 aromatic heterocycles. The third kappa shape index (κ3) is 2.56. The van der Waals surface area contributed by atoms with Crippen molar-refractivity contribution in [1.29, 1.82) is 0 Å². The van der Waals surface area contributed by atoms with Crippen molar-refractivity contribution in [2.75, 3.05) is 18.2 Å². The van der Waals surface area contributed by atoms with Crippen LogP contribution in [0.4, 0.5) is 11.4 Å². The van der Waals surface area contributed by atoms with Crippen molar-refractivity contribution in [2.24, 2.45) is 7.05 Å². The number of anilines is 2. The van der Waals surface area contributed by atoms with Gasteiger partial charge in [-0.25, -0.2) is 4.79 Å². The molecule has 1 heterocycles. The van der Waals surface area contributed by atoms with Crippen LogP contribution in [0, 0.1) is 0 Å². The first kappa shape index (κ1) is 13.9. The minimum Gasteiger partial charge on any atom is -0.465 e. The zero-order valence-corrected chi connectivity index (χ0v) is 11.6. The molecule has 2 aromatic rings. The molecule has 0 saturated carbocycles. The Morgan fingerprint density at radius 3 is 2.85 bits per heavy atom. The molecule has 0 spiro atoms. The summed E-state index contributed by atoms with van der Waals surface area (Å²) < 4.78 is 6.51. The van der Waals surface area contributed by atoms with E-state index < -0.39 is 5.97 Å². The highest BCUT2D eigenvalue weighted by molar-refractivity contribution is 5.98. The predicted molar refractivity (Wildman–Crippen MR) is 75.2 cm³/mol. The van der Waals surface area contributed by atoms with Gasteiger partial charge in [0.15, 0.2) is 5.82 Å². The lowest BCUT2D eigenvalue weighted by atomic mass is 10.1. The molecule has 3 N–H and O–H groups in total. The van der Waals surface area contributed by atoms with Gasteiger partial charge in [-0.15, -0.1) is 10.2 Å². The largest absolute Gasteiger partial charge is 0.465 e. The molecule has 7 nitrogen and oxygen atoms in total. The van der Waals surface area contributed by atoms with Crippen LogP contribution in [0.1, 0.15) is 29.1 Å². The molecule has 1 atom stereocenters. The predicted octanol–water partition coefficient (Wildman–Crippen LogP) is 1.36. The van der Waals surface area contributed by atoms with Gasteiger partial charge in [0.2, 0.25) is 0 Å². The third-order valence-electron chi connectivity index (χ3n) is 3.02. The van der Waals surface area contributed by atoms with Gasteiger partial charge in [-0.1, -0.05) is 6.07 Å². The Morgan fingerprint density at radius 1 is 1.50 bits per heavy atom. The smallest absolute Gasteiger partial charge is 0.340 e. The number of carbonyl (C=O) groups is 1. The normalized spacial score (nSPS) is 11.9. The van der Waals surface area contributed by atoms with Gasteiger partial charge in [-0.05, 0) is 19.1 Å². The van der Waals surface area contributed by atoms with Crippen molar-refractivity contribution < 1.29 is 9.53 Å². The van der Waals surface area contributed by atoms with Gasteiger partial charge in [0.1, 0.15) is 6.33 Å². The Morgan fingerprint density at radius 2 is 2.25 bits per heavy atom. The molecule has 0 amide bonds. The lowest BCUT2D eigenvalue weighted by molar-refractivity contribution is 0.0602. The van der Waals surface area contributed by atoms with Gasteiger partial charge in [-0.3, -0.25) is 0 Å². The van der Waals surface area contributed by atoms with Crippen LogP contribution in [-0.2, 0) is 11.8 Å². The van der Waals surface area contributed by atoms with Crippen LogP contribution in [0.15, 0.2) is 24.5 Å². The molecule has 1 aromatic carbocycles. The number of nitrogens with one attached hydrogen (secondary N) is 1. The topological polar surface area (TPSA) is 95.1 Å². The number of aryl methyl sites for hydroxylation is 1. The third-order valence-corrected chi connectivity index (χ3v) is 3.02. The van der Waals surface area contributed by atoms with Gasteiger partial charge < -0.3 is 20.4 Å². The van der Waals surface area contributed by atoms with E-state index in [1.54, 1.807) is 24.5 Å². The number of nitrogens with two attached hydrogens (primary N) is 1. The molecule has 0 radical (unpaired) electrons. The molecule has 2 rings (SSSR count). The van der Waals surface area contributed by atoms with Crippen molar-refractivity contribution in [3.05, 3.63) is 35.9 Å². The van der Waals surface area contributed by atoms with Crippen molar-refractivity contribution >= 4 is 17.3 Å². The molecule has 0 bridgehead atoms. The fraction of sp³-hybridized carbons (Fsp3) is 0.308. The van der Waals surface area contributed by atoms with Crippen LogP contribution in [0.25, 0.3) is 0 Å². The van der Waals surface area contributed by atoms with Crippen molar-refractivity contribution in [3.63, 3.8) is 0 Å². The molecule has 0 aliphatic carbocycles. The number of hydrogen-bond donors (Lipinski definition) is 2. The van der Waals surface area contributed by atoms with Crippen LogP contribution >= 0.6 is 0 Å². The molecule has 0 aliphatic heterocycles. The van der Waals surface area contributed by atoms with Gasteiger partial charge in [0.05, 0.1) is 30.1 Å². The SMILES string of the molecule is COC(=O)c1cccc(NC(C)c2nncn2C)c1N. The number of carbonyl (C=O) groups excluding carboxylic acids is 1. The minimum absolute atomic E-state index is 0.0994. The summed E-state index contributed by atoms with van der Waals surface area (Å²) in [4.78, 5) is 11.6. The van der Waals surface area contributed by atoms with E-state index in [-0.39, 0.29) is 6.04 Å². The number of nitrogens with zero attached hydrogens (tertiary/aromatic N) is 3. The second kappa shape index (κ2) is 5.60. The molecule has 0 aliphatic rings. The van der Waals surface area contributed by atoms with Crippen LogP contribution in [0.3, 0.4) is 0 Å². The molecule has 20 heavy (non-hydrogen) atoms. The zero-order valence-electron chi connectivity index (χ0n) is 11.6. The summed E-state index contributed by atoms with van der Waals surface area (Å²) in [6, 6.07) is 5.07. The molecular weight excluding hydrogens is 258 g/mol. The van der Waals surface area contributed by atoms with Crippen LogP contribution < -0.4 is 11.1 Å². The van der Waals surface area contributed by atoms with Gasteiger partial charge in [-0.2, -0.15) is 0 Å². The molecule has 0 fully saturated rings. The maximum Gasteiger partial charge on any atom is 0.340 e. The summed E-state index contributed by atoms with van der Waals surface area (Å²) in [5.41, 5.74) is 7.34. The highest BCUT2D eigenvalue weighted by Gasteiger charge is 2.16. The van der Waals surface area contributed by atoms with E-state index in [0.29, 0.717) is 16.9 Å². The summed E-state index contributed by atoms with van der Waals surface area (Å²) in [5.74, 6) is 0.310. The first-order valence-electron chi connectivity index (χ1n) is 6.11. The zero-order chi connectivity index (χ0) is 14.7. The number of benzene rings is 1. The van der Waals surface area contributed by atoms with Crippen LogP contribution in [0.5, 0.6) is 0 Å². The van der Waals surface area contributed by atoms with E-state index in [9.17, 15) is 4.79 Å². The average molecular weight is 275 g/mol. The number of rotatable bonds is 4. The number of hydrogen-bond acceptors (Lipinski definition) is 6. The fourth-order valence-corrected chi connectivity index (χ4v) is 1.96. The average Bonchev–Trinajstić information content (AvgIpc) is 2.86. The van der Waals surface area contributed by atoms with E-state index >= 15 is 0 Å². The summed E-state index contributed by atoms with van der Waals surface area (Å²) in [6.07, 6.45) is 1.63. The monoisotopic (exact) mass is 275 g/mol. The van der Waals surface area contributed by atoms with Gasteiger partial charge >= 0.3 is 5.97 Å². The van der Waals surface area contributed by atoms with E-state index in [4.69, 9.17) is 10.5 Å². The molecular formula is C13H17N5O2. The summed E-state index contributed by atoms with van der Waals surface area (Å²) >= 11 is 0. The van der Waals surface area contributed by atoms with Crippen molar-refractivity contribution in [3.8, 4) is 0 Å². The van der Waals surface area contributed by atoms with Crippen molar-refractivity contribution in [2.45, 2.75) is 13.0 Å². The van der Waals surface area contributed by atoms with E-state index in [1.165, 1.54) is 7.11 Å². The molecule has 7 heteroatoms. The minimum atomic E-state index is -0.461. The van der Waals surface area contributed by atoms with E-state index in [0.717, 1.165) is 5.82 Å². The first-order valence-corrected chi connectivity index (χ1v) is 6.11. The Labute approximate surface area is 116 Å². The lowest BCUT2D eigenvalue weighted by Gasteiger charge is -2.17. The standard InChI is InChI=1S/C13H17N5O2/c1-8(12-17-15-7-18(12)2)16-10-6-4-5-9(11(10)14)13(19)20-3/h4-8,16H,14H2,1-3H3. The molecule has 106 valence electrons. The number of ether oxygens (including phenoxy) is 1. The number of esters is 1. The Hall–Kier alpha value is -2.57. The summed E-state index contributed by atoms with van der Waals surface area (Å²) in [7, 11) is 3.19.